The van der Waals surface area contributed by atoms with Crippen LogP contribution in [0.15, 0.2) is 24.3 Å². The van der Waals surface area contributed by atoms with Crippen molar-refractivity contribution in [3.05, 3.63) is 29.8 Å². The van der Waals surface area contributed by atoms with E-state index in [9.17, 15) is 4.79 Å². The molecular weight excluding hydrogens is 278 g/mol. The Morgan fingerprint density at radius 1 is 1.09 bits per heavy atom. The van der Waals surface area contributed by atoms with Crippen LogP contribution >= 0.6 is 0 Å². The Kier molecular flexibility index (Phi) is 8.11. The van der Waals surface area contributed by atoms with Crippen LogP contribution in [0.2, 0.25) is 0 Å². The molecule has 0 aromatic heterocycles. The second-order valence-corrected chi connectivity index (χ2v) is 4.83. The fourth-order valence-electron chi connectivity index (χ4n) is 2.04. The van der Waals surface area contributed by atoms with Crippen molar-refractivity contribution in [2.24, 2.45) is 0 Å². The molecule has 4 heteroatoms. The number of ether oxygens (including phenoxy) is 2. The number of hydrogen-bond acceptors (Lipinski definition) is 3. The van der Waals surface area contributed by atoms with E-state index in [4.69, 9.17) is 9.47 Å². The van der Waals surface area contributed by atoms with Gasteiger partial charge in [0.2, 0.25) is 5.91 Å². The molecule has 1 aromatic carbocycles. The molecule has 0 atom stereocenters. The van der Waals surface area contributed by atoms with Gasteiger partial charge in [0.1, 0.15) is 0 Å². The first kappa shape index (κ1) is 18.1. The molecule has 122 valence electrons. The quantitative estimate of drug-likeness (QED) is 0.652. The molecule has 1 aromatic rings. The van der Waals surface area contributed by atoms with Gasteiger partial charge in [-0.05, 0) is 51.0 Å². The molecular formula is C18H27NO3. The summed E-state index contributed by atoms with van der Waals surface area (Å²) in [6.07, 6.45) is 4.36. The molecule has 0 bridgehead atoms. The van der Waals surface area contributed by atoms with Crippen molar-refractivity contribution in [3.63, 3.8) is 0 Å². The molecule has 0 aliphatic heterocycles. The molecule has 0 fully saturated rings. The highest BCUT2D eigenvalue weighted by Gasteiger charge is 2.07. The number of amides is 1. The van der Waals surface area contributed by atoms with E-state index < -0.39 is 0 Å². The minimum atomic E-state index is 0.0225. The molecule has 22 heavy (non-hydrogen) atoms. The monoisotopic (exact) mass is 305 g/mol. The largest absolute Gasteiger partial charge is 0.490 e. The first-order valence-corrected chi connectivity index (χ1v) is 8.02. The smallest absolute Gasteiger partial charge is 0.246 e. The van der Waals surface area contributed by atoms with Crippen molar-refractivity contribution >= 4 is 12.0 Å². The number of carbonyl (C=O) groups excluding carboxylic acids is 1. The standard InChI is InChI=1S/C18H27NO3/c1-5-13-22-16-11-9-15(14-17(16)21-8-4)10-12-18(20)19(6-2)7-3/h9-12,14H,5-8,13H2,1-4H3/b12-10+. The molecule has 0 aliphatic carbocycles. The van der Waals surface area contributed by atoms with Gasteiger partial charge in [-0.3, -0.25) is 4.79 Å². The summed E-state index contributed by atoms with van der Waals surface area (Å²) in [6.45, 7) is 10.6. The lowest BCUT2D eigenvalue weighted by Crippen LogP contribution is -2.28. The third-order valence-corrected chi connectivity index (χ3v) is 3.22. The van der Waals surface area contributed by atoms with E-state index in [-0.39, 0.29) is 5.91 Å². The third kappa shape index (κ3) is 5.43. The van der Waals surface area contributed by atoms with E-state index in [0.29, 0.717) is 32.1 Å². The maximum absolute atomic E-state index is 12.0. The van der Waals surface area contributed by atoms with Crippen molar-refractivity contribution in [3.8, 4) is 11.5 Å². The molecule has 0 heterocycles. The molecule has 0 radical (unpaired) electrons. The van der Waals surface area contributed by atoms with Crippen LogP contribution in [0.5, 0.6) is 11.5 Å². The molecule has 0 spiro atoms. The van der Waals surface area contributed by atoms with Crippen LogP contribution in [0, 0.1) is 0 Å². The predicted octanol–water partition coefficient (Wildman–Crippen LogP) is 3.76. The molecule has 1 rings (SSSR count). The molecule has 4 nitrogen and oxygen atoms in total. The van der Waals surface area contributed by atoms with Gasteiger partial charge in [0.25, 0.3) is 0 Å². The van der Waals surface area contributed by atoms with Gasteiger partial charge in [0.05, 0.1) is 13.2 Å². The average Bonchev–Trinajstić information content (AvgIpc) is 2.53. The first-order chi connectivity index (χ1) is 10.7. The van der Waals surface area contributed by atoms with Gasteiger partial charge in [0.15, 0.2) is 11.5 Å². The Morgan fingerprint density at radius 3 is 2.41 bits per heavy atom. The Labute approximate surface area is 133 Å². The van der Waals surface area contributed by atoms with Crippen molar-refractivity contribution in [1.82, 2.24) is 4.90 Å². The van der Waals surface area contributed by atoms with Gasteiger partial charge in [-0.25, -0.2) is 0 Å². The highest BCUT2D eigenvalue weighted by Crippen LogP contribution is 2.29. The van der Waals surface area contributed by atoms with Gasteiger partial charge in [-0.15, -0.1) is 0 Å². The highest BCUT2D eigenvalue weighted by molar-refractivity contribution is 5.91. The van der Waals surface area contributed by atoms with Gasteiger partial charge in [-0.2, -0.15) is 0 Å². The summed E-state index contributed by atoms with van der Waals surface area (Å²) in [5.41, 5.74) is 0.924. The average molecular weight is 305 g/mol. The van der Waals surface area contributed by atoms with Crippen LogP contribution in [0.4, 0.5) is 0 Å². The maximum atomic E-state index is 12.0. The Balaban J connectivity index is 2.87. The summed E-state index contributed by atoms with van der Waals surface area (Å²) in [7, 11) is 0. The number of rotatable bonds is 9. The number of carbonyl (C=O) groups is 1. The van der Waals surface area contributed by atoms with Gasteiger partial charge >= 0.3 is 0 Å². The molecule has 0 unspecified atom stereocenters. The lowest BCUT2D eigenvalue weighted by Gasteiger charge is -2.16. The fourth-order valence-corrected chi connectivity index (χ4v) is 2.04. The number of benzene rings is 1. The Bertz CT molecular complexity index is 493. The highest BCUT2D eigenvalue weighted by atomic mass is 16.5. The lowest BCUT2D eigenvalue weighted by molar-refractivity contribution is -0.125. The Morgan fingerprint density at radius 2 is 1.82 bits per heavy atom. The van der Waals surface area contributed by atoms with E-state index in [1.807, 2.05) is 45.0 Å². The number of hydrogen-bond donors (Lipinski definition) is 0. The van der Waals surface area contributed by atoms with E-state index >= 15 is 0 Å². The van der Waals surface area contributed by atoms with Crippen LogP contribution in [0.25, 0.3) is 6.08 Å². The zero-order chi connectivity index (χ0) is 16.4. The third-order valence-electron chi connectivity index (χ3n) is 3.22. The number of likely N-dealkylation sites (N-methyl/N-ethyl adjacent to an activating group) is 1. The summed E-state index contributed by atoms with van der Waals surface area (Å²) in [5, 5.41) is 0. The minimum Gasteiger partial charge on any atom is -0.490 e. The van der Waals surface area contributed by atoms with Crippen LogP contribution in [-0.2, 0) is 4.79 Å². The van der Waals surface area contributed by atoms with Gasteiger partial charge in [-0.1, -0.05) is 13.0 Å². The lowest BCUT2D eigenvalue weighted by atomic mass is 10.2. The second kappa shape index (κ2) is 9.87. The maximum Gasteiger partial charge on any atom is 0.246 e. The van der Waals surface area contributed by atoms with Crippen molar-refractivity contribution in [1.29, 1.82) is 0 Å². The topological polar surface area (TPSA) is 38.8 Å². The van der Waals surface area contributed by atoms with E-state index in [2.05, 4.69) is 6.92 Å². The summed E-state index contributed by atoms with van der Waals surface area (Å²) >= 11 is 0. The fraction of sp³-hybridized carbons (Fsp3) is 0.500. The zero-order valence-corrected chi connectivity index (χ0v) is 14.1. The summed E-state index contributed by atoms with van der Waals surface area (Å²) in [6, 6.07) is 5.72. The van der Waals surface area contributed by atoms with E-state index in [1.54, 1.807) is 11.0 Å². The summed E-state index contributed by atoms with van der Waals surface area (Å²) < 4.78 is 11.3. The molecule has 0 aliphatic rings. The molecule has 0 saturated carbocycles. The molecule has 0 N–H and O–H groups in total. The minimum absolute atomic E-state index is 0.0225. The first-order valence-electron chi connectivity index (χ1n) is 8.02. The van der Waals surface area contributed by atoms with Crippen molar-refractivity contribution in [2.45, 2.75) is 34.1 Å². The van der Waals surface area contributed by atoms with Crippen LogP contribution < -0.4 is 9.47 Å². The summed E-state index contributed by atoms with van der Waals surface area (Å²) in [5.74, 6) is 1.48. The SMILES string of the molecule is CCCOc1ccc(/C=C/C(=O)N(CC)CC)cc1OCC. The van der Waals surface area contributed by atoms with Crippen molar-refractivity contribution < 1.29 is 14.3 Å². The Hall–Kier alpha value is -1.97. The second-order valence-electron chi connectivity index (χ2n) is 4.83. The van der Waals surface area contributed by atoms with Crippen LogP contribution in [0.1, 0.15) is 39.7 Å². The van der Waals surface area contributed by atoms with E-state index in [0.717, 1.165) is 17.7 Å². The van der Waals surface area contributed by atoms with Crippen molar-refractivity contribution in [2.75, 3.05) is 26.3 Å². The molecule has 0 saturated heterocycles. The van der Waals surface area contributed by atoms with Crippen LogP contribution in [-0.4, -0.2) is 37.1 Å². The zero-order valence-electron chi connectivity index (χ0n) is 14.1. The summed E-state index contributed by atoms with van der Waals surface area (Å²) in [4.78, 5) is 13.8. The normalized spacial score (nSPS) is 10.7. The number of nitrogens with zero attached hydrogens (tertiary/aromatic N) is 1. The predicted molar refractivity (Wildman–Crippen MR) is 90.4 cm³/mol. The van der Waals surface area contributed by atoms with E-state index in [1.165, 1.54) is 0 Å². The van der Waals surface area contributed by atoms with Crippen LogP contribution in [0.3, 0.4) is 0 Å². The molecule has 1 amide bonds. The van der Waals surface area contributed by atoms with Gasteiger partial charge < -0.3 is 14.4 Å². The van der Waals surface area contributed by atoms with Gasteiger partial charge in [0, 0.05) is 19.2 Å².